The molecule has 102 valence electrons. The molecule has 0 aliphatic heterocycles. The van der Waals surface area contributed by atoms with Gasteiger partial charge < -0.3 is 10.3 Å². The molecule has 0 radical (unpaired) electrons. The van der Waals surface area contributed by atoms with Crippen molar-refractivity contribution < 1.29 is 0 Å². The number of nitrogens with two attached hydrogens (primary N) is 1. The van der Waals surface area contributed by atoms with Crippen molar-refractivity contribution in [1.82, 2.24) is 19.7 Å². The Kier molecular flexibility index (Phi) is 4.93. The average molecular weight is 277 g/mol. The van der Waals surface area contributed by atoms with Crippen molar-refractivity contribution in [2.45, 2.75) is 38.0 Å². The van der Waals surface area contributed by atoms with Crippen molar-refractivity contribution >= 4 is 11.8 Å². The highest BCUT2D eigenvalue weighted by molar-refractivity contribution is 7.99. The quantitative estimate of drug-likeness (QED) is 0.818. The van der Waals surface area contributed by atoms with Crippen LogP contribution < -0.4 is 5.73 Å². The van der Waals surface area contributed by atoms with E-state index >= 15 is 0 Å². The molecule has 2 rings (SSSR count). The van der Waals surface area contributed by atoms with Gasteiger partial charge in [-0.05, 0) is 31.9 Å². The number of aryl methyl sites for hydroxylation is 1. The molecule has 19 heavy (non-hydrogen) atoms. The largest absolute Gasteiger partial charge is 0.324 e. The fourth-order valence-electron chi connectivity index (χ4n) is 1.87. The molecule has 0 unspecified atom stereocenters. The van der Waals surface area contributed by atoms with Gasteiger partial charge in [-0.1, -0.05) is 17.8 Å². The molecule has 0 aromatic carbocycles. The van der Waals surface area contributed by atoms with E-state index in [2.05, 4.69) is 39.7 Å². The number of rotatable bonds is 6. The van der Waals surface area contributed by atoms with Gasteiger partial charge in [0.05, 0.1) is 6.54 Å². The highest BCUT2D eigenvalue weighted by Gasteiger charge is 2.13. The van der Waals surface area contributed by atoms with Gasteiger partial charge in [0.2, 0.25) is 0 Å². The average Bonchev–Trinajstić information content (AvgIpc) is 2.83. The molecule has 0 bridgehead atoms. The topological polar surface area (TPSA) is 69.6 Å². The van der Waals surface area contributed by atoms with E-state index < -0.39 is 0 Å². The standard InChI is InChI=1S/C13H19N5S/c1-10(2)18-12(8-14)16-17-13(18)19-7-5-11-4-3-6-15-9-11/h3-4,6,9-10H,5,7-8,14H2,1-2H3. The number of pyridine rings is 1. The lowest BCUT2D eigenvalue weighted by molar-refractivity contribution is 0.526. The Labute approximate surface area is 117 Å². The lowest BCUT2D eigenvalue weighted by Gasteiger charge is -2.12. The number of thioether (sulfide) groups is 1. The van der Waals surface area contributed by atoms with E-state index in [1.807, 2.05) is 12.3 Å². The summed E-state index contributed by atoms with van der Waals surface area (Å²) in [6.45, 7) is 4.66. The number of aromatic nitrogens is 4. The summed E-state index contributed by atoms with van der Waals surface area (Å²) in [4.78, 5) is 4.11. The second-order valence-corrected chi connectivity index (χ2v) is 5.59. The molecule has 0 aliphatic rings. The molecule has 0 fully saturated rings. The molecule has 0 atom stereocenters. The maximum absolute atomic E-state index is 5.68. The molecule has 2 heterocycles. The molecular weight excluding hydrogens is 258 g/mol. The van der Waals surface area contributed by atoms with E-state index in [0.29, 0.717) is 12.6 Å². The van der Waals surface area contributed by atoms with Crippen molar-refractivity contribution in [2.24, 2.45) is 5.73 Å². The maximum atomic E-state index is 5.68. The van der Waals surface area contributed by atoms with Crippen LogP contribution in [0.3, 0.4) is 0 Å². The number of hydrogen-bond donors (Lipinski definition) is 1. The minimum atomic E-state index is 0.328. The van der Waals surface area contributed by atoms with E-state index in [-0.39, 0.29) is 0 Å². The van der Waals surface area contributed by atoms with Gasteiger partial charge in [0.15, 0.2) is 5.16 Å². The Morgan fingerprint density at radius 1 is 1.37 bits per heavy atom. The number of nitrogens with zero attached hydrogens (tertiary/aromatic N) is 4. The Bertz CT molecular complexity index is 509. The van der Waals surface area contributed by atoms with Crippen molar-refractivity contribution in [3.63, 3.8) is 0 Å². The summed E-state index contributed by atoms with van der Waals surface area (Å²) in [5.74, 6) is 1.81. The van der Waals surface area contributed by atoms with Gasteiger partial charge in [-0.15, -0.1) is 10.2 Å². The number of hydrogen-bond acceptors (Lipinski definition) is 5. The lowest BCUT2D eigenvalue weighted by atomic mass is 10.2. The third-order valence-corrected chi connectivity index (χ3v) is 3.72. The zero-order chi connectivity index (χ0) is 13.7. The van der Waals surface area contributed by atoms with Crippen LogP contribution in [0.2, 0.25) is 0 Å². The lowest BCUT2D eigenvalue weighted by Crippen LogP contribution is -2.11. The van der Waals surface area contributed by atoms with Crippen molar-refractivity contribution in [1.29, 1.82) is 0 Å². The summed E-state index contributed by atoms with van der Waals surface area (Å²) in [6, 6.07) is 4.38. The zero-order valence-corrected chi connectivity index (χ0v) is 12.1. The van der Waals surface area contributed by atoms with Gasteiger partial charge in [-0.25, -0.2) is 0 Å². The van der Waals surface area contributed by atoms with Crippen molar-refractivity contribution in [3.8, 4) is 0 Å². The predicted octanol–water partition coefficient (Wildman–Crippen LogP) is 2.05. The molecule has 2 aromatic heterocycles. The normalized spacial score (nSPS) is 11.2. The molecule has 0 saturated heterocycles. The molecule has 0 aliphatic carbocycles. The van der Waals surface area contributed by atoms with Crippen LogP contribution in [0.25, 0.3) is 0 Å². The van der Waals surface area contributed by atoms with Crippen LogP contribution >= 0.6 is 11.8 Å². The van der Waals surface area contributed by atoms with E-state index in [9.17, 15) is 0 Å². The van der Waals surface area contributed by atoms with E-state index in [4.69, 9.17) is 5.73 Å². The second-order valence-electron chi connectivity index (χ2n) is 4.53. The monoisotopic (exact) mass is 277 g/mol. The molecule has 2 aromatic rings. The first-order valence-electron chi connectivity index (χ1n) is 6.38. The Morgan fingerprint density at radius 3 is 2.84 bits per heavy atom. The zero-order valence-electron chi connectivity index (χ0n) is 11.3. The fourth-order valence-corrected chi connectivity index (χ4v) is 2.94. The molecule has 5 nitrogen and oxygen atoms in total. The first-order valence-corrected chi connectivity index (χ1v) is 7.36. The van der Waals surface area contributed by atoms with Gasteiger partial charge in [0, 0.05) is 24.2 Å². The second kappa shape index (κ2) is 6.68. The highest BCUT2D eigenvalue weighted by atomic mass is 32.2. The van der Waals surface area contributed by atoms with Crippen LogP contribution in [-0.4, -0.2) is 25.5 Å². The van der Waals surface area contributed by atoms with E-state index in [1.165, 1.54) is 5.56 Å². The molecule has 0 spiro atoms. The Hall–Kier alpha value is -1.40. The molecule has 0 amide bonds. The van der Waals surface area contributed by atoms with Crippen molar-refractivity contribution in [2.75, 3.05) is 5.75 Å². The summed E-state index contributed by atoms with van der Waals surface area (Å²) in [5, 5.41) is 9.30. The minimum Gasteiger partial charge on any atom is -0.324 e. The van der Waals surface area contributed by atoms with Crippen LogP contribution in [-0.2, 0) is 13.0 Å². The fraction of sp³-hybridized carbons (Fsp3) is 0.462. The van der Waals surface area contributed by atoms with Gasteiger partial charge >= 0.3 is 0 Å². The minimum absolute atomic E-state index is 0.328. The summed E-state index contributed by atoms with van der Waals surface area (Å²) >= 11 is 1.71. The third-order valence-electron chi connectivity index (χ3n) is 2.78. The van der Waals surface area contributed by atoms with Crippen molar-refractivity contribution in [3.05, 3.63) is 35.9 Å². The van der Waals surface area contributed by atoms with Crippen LogP contribution in [0, 0.1) is 0 Å². The summed E-state index contributed by atoms with van der Waals surface area (Å²) < 4.78 is 2.11. The van der Waals surface area contributed by atoms with E-state index in [1.54, 1.807) is 18.0 Å². The first kappa shape index (κ1) is 14.0. The van der Waals surface area contributed by atoms with Gasteiger partial charge in [-0.2, -0.15) is 0 Å². The molecule has 2 N–H and O–H groups in total. The predicted molar refractivity (Wildman–Crippen MR) is 77.0 cm³/mol. The van der Waals surface area contributed by atoms with Gasteiger partial charge in [-0.3, -0.25) is 4.98 Å². The van der Waals surface area contributed by atoms with E-state index in [0.717, 1.165) is 23.2 Å². The summed E-state index contributed by atoms with van der Waals surface area (Å²) in [7, 11) is 0. The maximum Gasteiger partial charge on any atom is 0.191 e. The van der Waals surface area contributed by atoms with Crippen LogP contribution in [0.5, 0.6) is 0 Å². The molecule has 6 heteroatoms. The first-order chi connectivity index (χ1) is 9.22. The smallest absolute Gasteiger partial charge is 0.191 e. The van der Waals surface area contributed by atoms with Crippen LogP contribution in [0.1, 0.15) is 31.3 Å². The highest BCUT2D eigenvalue weighted by Crippen LogP contribution is 2.22. The summed E-state index contributed by atoms with van der Waals surface area (Å²) in [5.41, 5.74) is 6.92. The Morgan fingerprint density at radius 2 is 2.21 bits per heavy atom. The third kappa shape index (κ3) is 3.54. The SMILES string of the molecule is CC(C)n1c(CN)nnc1SCCc1cccnc1. The summed E-state index contributed by atoms with van der Waals surface area (Å²) in [6.07, 6.45) is 4.67. The van der Waals surface area contributed by atoms with Gasteiger partial charge in [0.1, 0.15) is 5.82 Å². The molecule has 0 saturated carbocycles. The van der Waals surface area contributed by atoms with Crippen LogP contribution in [0.4, 0.5) is 0 Å². The molecular formula is C13H19N5S. The van der Waals surface area contributed by atoms with Gasteiger partial charge in [0.25, 0.3) is 0 Å². The Balaban J connectivity index is 1.98. The van der Waals surface area contributed by atoms with Crippen LogP contribution in [0.15, 0.2) is 29.7 Å².